The molecule has 2 aromatic heterocycles. The molecule has 2 heterocycles. The Bertz CT molecular complexity index is 638. The standard InChI is InChI=1S/C11H6Br2N2O3S/c12-7-2-8(19-9(7)13)10(16)15-6-1-5(11(17)18)3-14-4-6/h1-4H,(H,15,16)(H,17,18). The maximum atomic E-state index is 11.9. The number of thiophene rings is 1. The van der Waals surface area contributed by atoms with E-state index in [2.05, 4.69) is 42.2 Å². The van der Waals surface area contributed by atoms with Crippen molar-refractivity contribution >= 4 is 60.8 Å². The smallest absolute Gasteiger partial charge is 0.337 e. The molecule has 0 radical (unpaired) electrons. The van der Waals surface area contributed by atoms with Gasteiger partial charge in [0, 0.05) is 10.7 Å². The Kier molecular flexibility index (Phi) is 4.33. The summed E-state index contributed by atoms with van der Waals surface area (Å²) in [4.78, 5) is 27.0. The Morgan fingerprint density at radius 3 is 2.58 bits per heavy atom. The zero-order chi connectivity index (χ0) is 14.0. The summed E-state index contributed by atoms with van der Waals surface area (Å²) in [6.45, 7) is 0. The van der Waals surface area contributed by atoms with E-state index in [1.807, 2.05) is 0 Å². The van der Waals surface area contributed by atoms with Crippen molar-refractivity contribution in [3.8, 4) is 0 Å². The third-order valence-corrected chi connectivity index (χ3v) is 5.37. The second kappa shape index (κ2) is 5.81. The Labute approximate surface area is 128 Å². The number of anilines is 1. The van der Waals surface area contributed by atoms with Crippen LogP contribution in [-0.2, 0) is 0 Å². The largest absolute Gasteiger partial charge is 0.478 e. The van der Waals surface area contributed by atoms with Crippen LogP contribution in [0.15, 0.2) is 32.8 Å². The molecule has 0 bridgehead atoms. The number of rotatable bonds is 3. The first-order chi connectivity index (χ1) is 8.97. The van der Waals surface area contributed by atoms with Crippen molar-refractivity contribution in [2.75, 3.05) is 5.32 Å². The minimum Gasteiger partial charge on any atom is -0.478 e. The number of nitrogens with one attached hydrogen (secondary N) is 1. The quantitative estimate of drug-likeness (QED) is 0.817. The highest BCUT2D eigenvalue weighted by atomic mass is 79.9. The van der Waals surface area contributed by atoms with Crippen LogP contribution in [0.4, 0.5) is 5.69 Å². The van der Waals surface area contributed by atoms with Gasteiger partial charge < -0.3 is 10.4 Å². The van der Waals surface area contributed by atoms with Crippen molar-refractivity contribution in [2.45, 2.75) is 0 Å². The lowest BCUT2D eigenvalue weighted by molar-refractivity contribution is 0.0696. The van der Waals surface area contributed by atoms with Crippen molar-refractivity contribution in [3.63, 3.8) is 0 Å². The lowest BCUT2D eigenvalue weighted by atomic mass is 10.2. The number of nitrogens with zero attached hydrogens (tertiary/aromatic N) is 1. The van der Waals surface area contributed by atoms with Crippen LogP contribution >= 0.6 is 43.2 Å². The molecule has 5 nitrogen and oxygen atoms in total. The van der Waals surface area contributed by atoms with Crippen LogP contribution in [0.3, 0.4) is 0 Å². The molecular weight excluding hydrogens is 400 g/mol. The van der Waals surface area contributed by atoms with E-state index >= 15 is 0 Å². The summed E-state index contributed by atoms with van der Waals surface area (Å²) < 4.78 is 1.61. The normalized spacial score (nSPS) is 10.2. The number of carbonyl (C=O) groups excluding carboxylic acids is 1. The Hall–Kier alpha value is -1.25. The molecule has 2 aromatic rings. The van der Waals surface area contributed by atoms with Crippen LogP contribution < -0.4 is 5.32 Å². The Morgan fingerprint density at radius 1 is 1.26 bits per heavy atom. The predicted molar refractivity (Wildman–Crippen MR) is 78.9 cm³/mol. The summed E-state index contributed by atoms with van der Waals surface area (Å²) in [5.74, 6) is -1.41. The highest BCUT2D eigenvalue weighted by Gasteiger charge is 2.13. The molecule has 0 aliphatic carbocycles. The number of amides is 1. The lowest BCUT2D eigenvalue weighted by Gasteiger charge is -2.03. The van der Waals surface area contributed by atoms with Crippen molar-refractivity contribution in [1.29, 1.82) is 0 Å². The van der Waals surface area contributed by atoms with E-state index in [9.17, 15) is 9.59 Å². The highest BCUT2D eigenvalue weighted by Crippen LogP contribution is 2.32. The van der Waals surface area contributed by atoms with Crippen molar-refractivity contribution in [3.05, 3.63) is 43.2 Å². The molecule has 19 heavy (non-hydrogen) atoms. The highest BCUT2D eigenvalue weighted by molar-refractivity contribution is 9.13. The third kappa shape index (κ3) is 3.40. The van der Waals surface area contributed by atoms with E-state index in [0.29, 0.717) is 10.6 Å². The molecule has 0 atom stereocenters. The van der Waals surface area contributed by atoms with E-state index in [1.54, 1.807) is 6.07 Å². The maximum Gasteiger partial charge on any atom is 0.337 e. The summed E-state index contributed by atoms with van der Waals surface area (Å²) >= 11 is 7.87. The van der Waals surface area contributed by atoms with Gasteiger partial charge in [-0.25, -0.2) is 4.79 Å². The number of halogens is 2. The molecule has 0 fully saturated rings. The molecule has 8 heteroatoms. The van der Waals surface area contributed by atoms with Gasteiger partial charge in [0.1, 0.15) is 0 Å². The summed E-state index contributed by atoms with van der Waals surface area (Å²) in [6.07, 6.45) is 2.61. The molecule has 0 saturated carbocycles. The average molecular weight is 406 g/mol. The van der Waals surface area contributed by atoms with Gasteiger partial charge in [-0.15, -0.1) is 11.3 Å². The molecule has 98 valence electrons. The number of pyridine rings is 1. The average Bonchev–Trinajstić information content (AvgIpc) is 2.70. The van der Waals surface area contributed by atoms with E-state index < -0.39 is 5.97 Å². The Balaban J connectivity index is 2.19. The second-order valence-corrected chi connectivity index (χ2v) is 6.68. The molecule has 0 aromatic carbocycles. The van der Waals surface area contributed by atoms with E-state index in [1.165, 1.54) is 29.8 Å². The van der Waals surface area contributed by atoms with E-state index in [4.69, 9.17) is 5.11 Å². The Morgan fingerprint density at radius 2 is 2.00 bits per heavy atom. The lowest BCUT2D eigenvalue weighted by Crippen LogP contribution is -2.11. The van der Waals surface area contributed by atoms with Gasteiger partial charge in [-0.2, -0.15) is 0 Å². The van der Waals surface area contributed by atoms with Gasteiger partial charge in [0.15, 0.2) is 0 Å². The number of carboxylic acids is 1. The fraction of sp³-hybridized carbons (Fsp3) is 0. The summed E-state index contributed by atoms with van der Waals surface area (Å²) in [5.41, 5.74) is 0.358. The number of aromatic carboxylic acids is 1. The van der Waals surface area contributed by atoms with E-state index in [-0.39, 0.29) is 11.5 Å². The predicted octanol–water partition coefficient (Wildman–Crippen LogP) is 3.62. The maximum absolute atomic E-state index is 11.9. The van der Waals surface area contributed by atoms with Crippen molar-refractivity contribution in [1.82, 2.24) is 4.98 Å². The van der Waals surface area contributed by atoms with Gasteiger partial charge in [-0.1, -0.05) is 0 Å². The molecule has 0 aliphatic rings. The fourth-order valence-corrected chi connectivity index (χ4v) is 3.21. The van der Waals surface area contributed by atoms with Gasteiger partial charge >= 0.3 is 5.97 Å². The van der Waals surface area contributed by atoms with Gasteiger partial charge in [0.25, 0.3) is 5.91 Å². The van der Waals surface area contributed by atoms with Crippen LogP contribution in [0.25, 0.3) is 0 Å². The minimum atomic E-state index is -1.09. The summed E-state index contributed by atoms with van der Waals surface area (Å²) in [7, 11) is 0. The molecular formula is C11H6Br2N2O3S. The topological polar surface area (TPSA) is 79.3 Å². The third-order valence-electron chi connectivity index (χ3n) is 2.11. The molecule has 0 unspecified atom stereocenters. The van der Waals surface area contributed by atoms with Gasteiger partial charge in [-0.3, -0.25) is 9.78 Å². The second-order valence-electron chi connectivity index (χ2n) is 3.45. The number of aromatic nitrogens is 1. The van der Waals surface area contributed by atoms with Gasteiger partial charge in [-0.05, 0) is 44.0 Å². The monoisotopic (exact) mass is 404 g/mol. The number of hydrogen-bond donors (Lipinski definition) is 2. The SMILES string of the molecule is O=C(O)c1cncc(NC(=O)c2cc(Br)c(Br)s2)c1. The van der Waals surface area contributed by atoms with Gasteiger partial charge in [0.05, 0.1) is 26.1 Å². The first-order valence-electron chi connectivity index (χ1n) is 4.92. The molecule has 1 amide bonds. The first-order valence-corrected chi connectivity index (χ1v) is 7.32. The molecule has 2 rings (SSSR count). The molecule has 0 spiro atoms. The zero-order valence-corrected chi connectivity index (χ0v) is 13.2. The summed E-state index contributed by atoms with van der Waals surface area (Å²) in [6, 6.07) is 3.03. The molecule has 2 N–H and O–H groups in total. The van der Waals surface area contributed by atoms with Crippen molar-refractivity contribution in [2.24, 2.45) is 0 Å². The molecule has 0 aliphatic heterocycles. The van der Waals surface area contributed by atoms with Crippen LogP contribution in [0, 0.1) is 0 Å². The fourth-order valence-electron chi connectivity index (χ4n) is 1.28. The number of carbonyl (C=O) groups is 2. The number of carboxylic acid groups (broad SMARTS) is 1. The minimum absolute atomic E-state index is 0.0198. The zero-order valence-electron chi connectivity index (χ0n) is 9.18. The van der Waals surface area contributed by atoms with Crippen LogP contribution in [-0.4, -0.2) is 22.0 Å². The van der Waals surface area contributed by atoms with Crippen LogP contribution in [0.1, 0.15) is 20.0 Å². The van der Waals surface area contributed by atoms with Gasteiger partial charge in [0.2, 0.25) is 0 Å². The van der Waals surface area contributed by atoms with E-state index in [0.717, 1.165) is 8.26 Å². The number of hydrogen-bond acceptors (Lipinski definition) is 4. The summed E-state index contributed by atoms with van der Waals surface area (Å²) in [5, 5.41) is 11.4. The first kappa shape index (κ1) is 14.2. The van der Waals surface area contributed by atoms with Crippen molar-refractivity contribution < 1.29 is 14.7 Å². The van der Waals surface area contributed by atoms with Crippen LogP contribution in [0.5, 0.6) is 0 Å². The van der Waals surface area contributed by atoms with Crippen LogP contribution in [0.2, 0.25) is 0 Å². The molecule has 0 saturated heterocycles.